The Morgan fingerprint density at radius 2 is 0.604 bits per heavy atom. The van der Waals surface area contributed by atoms with Crippen LogP contribution in [0.25, 0.3) is 88.0 Å². The van der Waals surface area contributed by atoms with Crippen LogP contribution >= 0.6 is 0 Å². The molecule has 48 heavy (non-hydrogen) atoms. The molecule has 0 aliphatic carbocycles. The van der Waals surface area contributed by atoms with Crippen molar-refractivity contribution in [1.82, 2.24) is 0 Å². The van der Waals surface area contributed by atoms with Gasteiger partial charge in [0.15, 0.2) is 0 Å². The fourth-order valence-electron chi connectivity index (χ4n) is 7.41. The molecule has 0 nitrogen and oxygen atoms in total. The first-order valence-electron chi connectivity index (χ1n) is 16.6. The van der Waals surface area contributed by atoms with Gasteiger partial charge in [0.25, 0.3) is 0 Å². The van der Waals surface area contributed by atoms with E-state index in [-0.39, 0.29) is 0 Å². The Hall–Kier alpha value is -6.24. The lowest BCUT2D eigenvalue weighted by atomic mass is 9.85. The molecule has 224 valence electrons. The highest BCUT2D eigenvalue weighted by Crippen LogP contribution is 2.44. The van der Waals surface area contributed by atoms with Gasteiger partial charge in [0.1, 0.15) is 0 Å². The zero-order chi connectivity index (χ0) is 31.9. The van der Waals surface area contributed by atoms with Gasteiger partial charge < -0.3 is 0 Å². The molecule has 0 aliphatic heterocycles. The molecule has 0 aliphatic rings. The molecule has 0 spiro atoms. The summed E-state index contributed by atoms with van der Waals surface area (Å²) in [4.78, 5) is 0. The first-order chi connectivity index (χ1) is 23.8. The molecule has 0 heteroatoms. The lowest BCUT2D eigenvalue weighted by molar-refractivity contribution is 1.57. The van der Waals surface area contributed by atoms with Gasteiger partial charge in [-0.05, 0) is 106 Å². The molecule has 0 heterocycles. The van der Waals surface area contributed by atoms with Crippen molar-refractivity contribution in [3.63, 3.8) is 0 Å². The van der Waals surface area contributed by atoms with Crippen LogP contribution in [0, 0.1) is 0 Å². The fraction of sp³-hybridized carbons (Fsp3) is 0. The van der Waals surface area contributed by atoms with E-state index in [9.17, 15) is 0 Å². The quantitative estimate of drug-likeness (QED) is 0.171. The predicted molar refractivity (Wildman–Crippen MR) is 206 cm³/mol. The van der Waals surface area contributed by atoms with Gasteiger partial charge in [0.05, 0.1) is 0 Å². The number of fused-ring (bicyclic) bond motifs is 3. The SMILES string of the molecule is c1ccc(-c2cccc(-c3ccccc3-c3ccc4cc(-c5c6ccccc6c(-c6ccccc6)c6ccccc56)ccc4c3)c2)cc1. The van der Waals surface area contributed by atoms with Crippen LogP contribution in [0.1, 0.15) is 0 Å². The average Bonchev–Trinajstić information content (AvgIpc) is 3.17. The summed E-state index contributed by atoms with van der Waals surface area (Å²) in [5.41, 5.74) is 12.4. The first kappa shape index (κ1) is 28.0. The van der Waals surface area contributed by atoms with E-state index >= 15 is 0 Å². The van der Waals surface area contributed by atoms with E-state index < -0.39 is 0 Å². The lowest BCUT2D eigenvalue weighted by Crippen LogP contribution is -1.91. The van der Waals surface area contributed by atoms with Crippen molar-refractivity contribution in [2.45, 2.75) is 0 Å². The highest BCUT2D eigenvalue weighted by atomic mass is 14.2. The molecular formula is C48H32. The Bertz CT molecular complexity index is 2540. The standard InChI is InChI=1S/C48H32/c1-3-14-33(15-4-1)35-18-13-19-38(30-35)41-20-7-8-21-42(41)39-28-26-37-32-40(29-27-36(37)31-39)48-45-24-11-9-22-43(45)47(34-16-5-2-6-17-34)44-23-10-12-25-46(44)48/h1-32H. The number of hydrogen-bond donors (Lipinski definition) is 0. The van der Waals surface area contributed by atoms with Crippen molar-refractivity contribution in [3.8, 4) is 55.6 Å². The van der Waals surface area contributed by atoms with Crippen molar-refractivity contribution in [1.29, 1.82) is 0 Å². The summed E-state index contributed by atoms with van der Waals surface area (Å²) in [5, 5.41) is 7.58. The third-order valence-corrected chi connectivity index (χ3v) is 9.64. The van der Waals surface area contributed by atoms with Gasteiger partial charge in [-0.1, -0.05) is 176 Å². The Morgan fingerprint density at radius 3 is 1.19 bits per heavy atom. The van der Waals surface area contributed by atoms with E-state index in [4.69, 9.17) is 0 Å². The van der Waals surface area contributed by atoms with Crippen LogP contribution in [0.15, 0.2) is 194 Å². The van der Waals surface area contributed by atoms with E-state index in [1.165, 1.54) is 88.0 Å². The van der Waals surface area contributed by atoms with Gasteiger partial charge in [-0.3, -0.25) is 0 Å². The highest BCUT2D eigenvalue weighted by Gasteiger charge is 2.17. The average molecular weight is 609 g/mol. The molecule has 9 aromatic rings. The normalized spacial score (nSPS) is 11.3. The van der Waals surface area contributed by atoms with Gasteiger partial charge >= 0.3 is 0 Å². The Morgan fingerprint density at radius 1 is 0.208 bits per heavy atom. The minimum Gasteiger partial charge on any atom is -0.0622 e. The molecule has 0 saturated heterocycles. The Kier molecular flexibility index (Phi) is 6.91. The van der Waals surface area contributed by atoms with Crippen LogP contribution in [0.2, 0.25) is 0 Å². The minimum atomic E-state index is 1.22. The maximum Gasteiger partial charge on any atom is -0.00262 e. The van der Waals surface area contributed by atoms with E-state index in [1.54, 1.807) is 0 Å². The molecule has 9 rings (SSSR count). The summed E-state index contributed by atoms with van der Waals surface area (Å²) < 4.78 is 0. The lowest BCUT2D eigenvalue weighted by Gasteiger charge is -2.18. The number of benzene rings is 9. The molecule has 9 aromatic carbocycles. The third-order valence-electron chi connectivity index (χ3n) is 9.64. The topological polar surface area (TPSA) is 0 Å². The van der Waals surface area contributed by atoms with Gasteiger partial charge in [-0.15, -0.1) is 0 Å². The fourth-order valence-corrected chi connectivity index (χ4v) is 7.41. The highest BCUT2D eigenvalue weighted by molar-refractivity contribution is 6.21. The second-order valence-corrected chi connectivity index (χ2v) is 12.5. The summed E-state index contributed by atoms with van der Waals surface area (Å²) in [6.07, 6.45) is 0. The maximum absolute atomic E-state index is 2.37. The number of hydrogen-bond acceptors (Lipinski definition) is 0. The summed E-state index contributed by atoms with van der Waals surface area (Å²) >= 11 is 0. The Labute approximate surface area is 281 Å². The van der Waals surface area contributed by atoms with E-state index in [1.807, 2.05) is 0 Å². The summed E-state index contributed by atoms with van der Waals surface area (Å²) in [6, 6.07) is 70.6. The van der Waals surface area contributed by atoms with E-state index in [0.29, 0.717) is 0 Å². The molecule has 0 fully saturated rings. The second kappa shape index (κ2) is 11.8. The molecule has 0 amide bonds. The van der Waals surface area contributed by atoms with Crippen LogP contribution in [0.3, 0.4) is 0 Å². The second-order valence-electron chi connectivity index (χ2n) is 12.5. The van der Waals surface area contributed by atoms with Crippen molar-refractivity contribution in [2.75, 3.05) is 0 Å². The number of rotatable bonds is 5. The molecule has 0 atom stereocenters. The first-order valence-corrected chi connectivity index (χ1v) is 16.6. The van der Waals surface area contributed by atoms with Crippen molar-refractivity contribution in [2.24, 2.45) is 0 Å². The summed E-state index contributed by atoms with van der Waals surface area (Å²) in [6.45, 7) is 0. The largest absolute Gasteiger partial charge is 0.0622 e. The maximum atomic E-state index is 2.37. The monoisotopic (exact) mass is 608 g/mol. The van der Waals surface area contributed by atoms with Crippen LogP contribution in [0.5, 0.6) is 0 Å². The van der Waals surface area contributed by atoms with Crippen LogP contribution in [0.4, 0.5) is 0 Å². The minimum absolute atomic E-state index is 1.22. The van der Waals surface area contributed by atoms with Crippen molar-refractivity contribution in [3.05, 3.63) is 194 Å². The van der Waals surface area contributed by atoms with Gasteiger partial charge in [-0.2, -0.15) is 0 Å². The molecular weight excluding hydrogens is 577 g/mol. The van der Waals surface area contributed by atoms with Crippen molar-refractivity contribution >= 4 is 32.3 Å². The summed E-state index contributed by atoms with van der Waals surface area (Å²) in [5.74, 6) is 0. The van der Waals surface area contributed by atoms with Crippen LogP contribution in [-0.4, -0.2) is 0 Å². The predicted octanol–water partition coefficient (Wildman–Crippen LogP) is 13.5. The third kappa shape index (κ3) is 4.87. The van der Waals surface area contributed by atoms with Crippen LogP contribution < -0.4 is 0 Å². The van der Waals surface area contributed by atoms with Gasteiger partial charge in [0.2, 0.25) is 0 Å². The van der Waals surface area contributed by atoms with Crippen LogP contribution in [-0.2, 0) is 0 Å². The van der Waals surface area contributed by atoms with Gasteiger partial charge in [0, 0.05) is 0 Å². The van der Waals surface area contributed by atoms with E-state index in [0.717, 1.165) is 0 Å². The zero-order valence-corrected chi connectivity index (χ0v) is 26.5. The molecule has 0 aromatic heterocycles. The van der Waals surface area contributed by atoms with E-state index in [2.05, 4.69) is 194 Å². The molecule has 0 N–H and O–H groups in total. The van der Waals surface area contributed by atoms with Crippen molar-refractivity contribution < 1.29 is 0 Å². The molecule has 0 saturated carbocycles. The smallest absolute Gasteiger partial charge is 0.00262 e. The summed E-state index contributed by atoms with van der Waals surface area (Å²) in [7, 11) is 0. The molecule has 0 radical (unpaired) electrons. The molecule has 0 unspecified atom stereocenters. The van der Waals surface area contributed by atoms with Gasteiger partial charge in [-0.25, -0.2) is 0 Å². The zero-order valence-electron chi connectivity index (χ0n) is 26.5. The molecule has 0 bridgehead atoms. The Balaban J connectivity index is 1.17.